The largest absolute Gasteiger partial charge is 0.390 e. The van der Waals surface area contributed by atoms with Crippen LogP contribution in [0.5, 0.6) is 0 Å². The Bertz CT molecular complexity index is 354. The van der Waals surface area contributed by atoms with Gasteiger partial charge in [-0.2, -0.15) is 0 Å². The van der Waals surface area contributed by atoms with E-state index in [0.717, 1.165) is 0 Å². The molecule has 0 unspecified atom stereocenters. The Hall–Kier alpha value is -0.230. The van der Waals surface area contributed by atoms with Crippen LogP contribution in [0.25, 0.3) is 0 Å². The summed E-state index contributed by atoms with van der Waals surface area (Å²) in [6.45, 7) is 4.53. The van der Waals surface area contributed by atoms with E-state index >= 15 is 0 Å². The number of hydrogen-bond acceptors (Lipinski definition) is 6. The van der Waals surface area contributed by atoms with Crippen molar-refractivity contribution in [2.24, 2.45) is 0 Å². The van der Waals surface area contributed by atoms with Crippen molar-refractivity contribution in [3.05, 3.63) is 0 Å². The molecule has 0 atom stereocenters. The maximum Gasteiger partial charge on any atom is 0.390 e. The second-order valence-electron chi connectivity index (χ2n) is 2.54. The normalized spacial score (nSPS) is 12.7. The van der Waals surface area contributed by atoms with Gasteiger partial charge in [-0.1, -0.05) is 6.92 Å². The predicted molar refractivity (Wildman–Crippen MR) is 58.0 cm³/mol. The molecule has 0 spiro atoms. The van der Waals surface area contributed by atoms with Crippen LogP contribution in [0.3, 0.4) is 0 Å². The van der Waals surface area contributed by atoms with Gasteiger partial charge in [0.15, 0.2) is 0 Å². The molecule has 15 heavy (non-hydrogen) atoms. The van der Waals surface area contributed by atoms with Crippen LogP contribution in [0.15, 0.2) is 0 Å². The van der Waals surface area contributed by atoms with E-state index in [1.165, 1.54) is 6.92 Å². The van der Waals surface area contributed by atoms with Crippen LogP contribution < -0.4 is 0 Å². The lowest BCUT2D eigenvalue weighted by Gasteiger charge is -2.16. The van der Waals surface area contributed by atoms with Crippen LogP contribution in [0.1, 0.15) is 20.8 Å². The Morgan fingerprint density at radius 3 is 1.87 bits per heavy atom. The van der Waals surface area contributed by atoms with Crippen LogP contribution in [0, 0.1) is 5.41 Å². The lowest BCUT2D eigenvalue weighted by atomic mass is 10.9. The Balaban J connectivity index is 5.12. The van der Waals surface area contributed by atoms with Crippen molar-refractivity contribution in [2.45, 2.75) is 20.8 Å². The molecule has 8 heteroatoms. The van der Waals surface area contributed by atoms with Gasteiger partial charge in [0.2, 0.25) is 14.6 Å². The van der Waals surface area contributed by atoms with E-state index in [9.17, 15) is 13.0 Å². The summed E-state index contributed by atoms with van der Waals surface area (Å²) in [5.74, 6) is -0.296. The minimum Gasteiger partial charge on any atom is -0.304 e. The Labute approximate surface area is 89.9 Å². The van der Waals surface area contributed by atoms with Crippen LogP contribution in [0.4, 0.5) is 0 Å². The minimum absolute atomic E-state index is 0.0267. The molecule has 0 saturated carbocycles. The van der Waals surface area contributed by atoms with Gasteiger partial charge in [0.05, 0.1) is 19.0 Å². The molecule has 0 aliphatic rings. The number of rotatable bonds is 6. The van der Waals surface area contributed by atoms with Crippen LogP contribution in [-0.4, -0.2) is 32.2 Å². The molecule has 0 saturated heterocycles. The Kier molecular flexibility index (Phi) is 5.66. The molecule has 0 aliphatic carbocycles. The van der Waals surface area contributed by atoms with Gasteiger partial charge in [-0.05, 0) is 13.8 Å². The second kappa shape index (κ2) is 5.75. The molecule has 6 nitrogen and oxygen atoms in total. The SMILES string of the molecule is CCOP(=O)(OCC)C(=N)S(=O)(=O)CC. The molecular weight excluding hydrogens is 241 g/mol. The van der Waals surface area contributed by atoms with Crippen molar-refractivity contribution in [3.8, 4) is 0 Å². The molecule has 1 N–H and O–H groups in total. The monoisotopic (exact) mass is 257 g/mol. The van der Waals surface area contributed by atoms with Crippen molar-refractivity contribution >= 4 is 22.2 Å². The average Bonchev–Trinajstić information content (AvgIpc) is 2.17. The topological polar surface area (TPSA) is 93.5 Å². The smallest absolute Gasteiger partial charge is 0.304 e. The summed E-state index contributed by atoms with van der Waals surface area (Å²) in [5, 5.41) is 7.35. The maximum absolute atomic E-state index is 11.9. The van der Waals surface area contributed by atoms with Gasteiger partial charge < -0.3 is 9.05 Å². The van der Waals surface area contributed by atoms with E-state index in [1.54, 1.807) is 13.8 Å². The molecule has 0 aliphatic heterocycles. The highest BCUT2D eigenvalue weighted by molar-refractivity contribution is 8.19. The highest BCUT2D eigenvalue weighted by Gasteiger charge is 2.38. The Morgan fingerprint density at radius 2 is 1.60 bits per heavy atom. The van der Waals surface area contributed by atoms with E-state index in [2.05, 4.69) is 0 Å². The molecule has 0 aromatic carbocycles. The van der Waals surface area contributed by atoms with E-state index in [0.29, 0.717) is 0 Å². The van der Waals surface area contributed by atoms with Gasteiger partial charge in [-0.15, -0.1) is 0 Å². The molecule has 0 aromatic heterocycles. The average molecular weight is 257 g/mol. The van der Waals surface area contributed by atoms with E-state index < -0.39 is 22.2 Å². The van der Waals surface area contributed by atoms with Crippen molar-refractivity contribution in [1.29, 1.82) is 5.41 Å². The molecule has 0 heterocycles. The van der Waals surface area contributed by atoms with Crippen molar-refractivity contribution < 1.29 is 22.0 Å². The molecular formula is C7H16NO5PS. The van der Waals surface area contributed by atoms with E-state index in [1.807, 2.05) is 0 Å². The zero-order chi connectivity index (χ0) is 12.1. The van der Waals surface area contributed by atoms with Gasteiger partial charge >= 0.3 is 7.60 Å². The fraction of sp³-hybridized carbons (Fsp3) is 0.857. The molecule has 0 radical (unpaired) electrons. The zero-order valence-electron chi connectivity index (χ0n) is 9.02. The number of hydrogen-bond donors (Lipinski definition) is 1. The first kappa shape index (κ1) is 14.8. The highest BCUT2D eigenvalue weighted by Crippen LogP contribution is 2.50. The van der Waals surface area contributed by atoms with Gasteiger partial charge in [-0.3, -0.25) is 9.97 Å². The van der Waals surface area contributed by atoms with E-state index in [4.69, 9.17) is 14.5 Å². The predicted octanol–water partition coefficient (Wildman–Crippen LogP) is 1.62. The summed E-state index contributed by atoms with van der Waals surface area (Å²) in [6, 6.07) is 0. The Morgan fingerprint density at radius 1 is 1.20 bits per heavy atom. The van der Waals surface area contributed by atoms with Gasteiger partial charge in [-0.25, -0.2) is 8.42 Å². The van der Waals surface area contributed by atoms with Gasteiger partial charge in [0.1, 0.15) is 0 Å². The molecule has 0 amide bonds. The third-order valence-electron chi connectivity index (χ3n) is 1.52. The lowest BCUT2D eigenvalue weighted by molar-refractivity contribution is 0.233. The molecule has 0 aromatic rings. The summed E-state index contributed by atoms with van der Waals surface area (Å²) in [6.07, 6.45) is 0. The van der Waals surface area contributed by atoms with Gasteiger partial charge in [0, 0.05) is 0 Å². The first-order valence-corrected chi connectivity index (χ1v) is 7.74. The summed E-state index contributed by atoms with van der Waals surface area (Å²) < 4.78 is 44.0. The maximum atomic E-state index is 11.9. The quantitative estimate of drug-likeness (QED) is 0.443. The lowest BCUT2D eigenvalue weighted by Crippen LogP contribution is -2.19. The highest BCUT2D eigenvalue weighted by atomic mass is 32.2. The van der Waals surface area contributed by atoms with E-state index in [-0.39, 0.29) is 19.0 Å². The number of nitrogens with one attached hydrogen (secondary N) is 1. The minimum atomic E-state index is -3.95. The molecule has 0 rings (SSSR count). The summed E-state index contributed by atoms with van der Waals surface area (Å²) >= 11 is 0. The van der Waals surface area contributed by atoms with Crippen molar-refractivity contribution in [2.75, 3.05) is 19.0 Å². The summed E-state index contributed by atoms with van der Waals surface area (Å²) in [4.78, 5) is -0.957. The first-order valence-electron chi connectivity index (χ1n) is 4.55. The molecule has 0 bridgehead atoms. The summed E-state index contributed by atoms with van der Waals surface area (Å²) in [7, 11) is -7.78. The standard InChI is InChI=1S/C7H16NO5PS/c1-4-12-14(9,13-5-2)7(8)15(10,11)6-3/h8H,4-6H2,1-3H3. The molecule has 90 valence electrons. The fourth-order valence-electron chi connectivity index (χ4n) is 0.802. The van der Waals surface area contributed by atoms with Crippen molar-refractivity contribution in [3.63, 3.8) is 0 Å². The van der Waals surface area contributed by atoms with Gasteiger partial charge in [0.25, 0.3) is 0 Å². The fourth-order valence-corrected chi connectivity index (χ4v) is 4.13. The molecule has 0 fully saturated rings. The van der Waals surface area contributed by atoms with Crippen LogP contribution >= 0.6 is 7.60 Å². The van der Waals surface area contributed by atoms with Crippen LogP contribution in [0.2, 0.25) is 0 Å². The second-order valence-corrected chi connectivity index (χ2v) is 7.02. The first-order chi connectivity index (χ1) is 6.84. The third kappa shape index (κ3) is 3.68. The number of sulfone groups is 1. The zero-order valence-corrected chi connectivity index (χ0v) is 10.7. The third-order valence-corrected chi connectivity index (χ3v) is 6.07. The van der Waals surface area contributed by atoms with Crippen LogP contribution in [-0.2, 0) is 23.4 Å². The van der Waals surface area contributed by atoms with Crippen molar-refractivity contribution in [1.82, 2.24) is 0 Å². The summed E-state index contributed by atoms with van der Waals surface area (Å²) in [5.41, 5.74) is 0.